The lowest BCUT2D eigenvalue weighted by Gasteiger charge is -2.36. The lowest BCUT2D eigenvalue weighted by atomic mass is 10.0. The number of halogens is 1. The Hall–Kier alpha value is -2.00. The fourth-order valence-corrected chi connectivity index (χ4v) is 2.71. The molecule has 1 aromatic heterocycles. The van der Waals surface area contributed by atoms with Gasteiger partial charge in [0.15, 0.2) is 11.3 Å². The summed E-state index contributed by atoms with van der Waals surface area (Å²) in [6.07, 6.45) is -4.64. The summed E-state index contributed by atoms with van der Waals surface area (Å²) in [6.45, 7) is 1.14. The average Bonchev–Trinajstić information content (AvgIpc) is 2.53. The van der Waals surface area contributed by atoms with Crippen molar-refractivity contribution in [3.8, 4) is 5.75 Å². The first kappa shape index (κ1) is 16.8. The van der Waals surface area contributed by atoms with Crippen LogP contribution in [0.4, 0.5) is 4.39 Å². The third-order valence-electron chi connectivity index (χ3n) is 4.00. The van der Waals surface area contributed by atoms with Crippen LogP contribution >= 0.6 is 0 Å². The summed E-state index contributed by atoms with van der Waals surface area (Å²) in [5.74, 6) is -1.08. The van der Waals surface area contributed by atoms with Crippen LogP contribution in [0.3, 0.4) is 0 Å². The molecule has 2 unspecified atom stereocenters. The number of aliphatic hydroxyl groups is 3. The molecule has 0 amide bonds. The summed E-state index contributed by atoms with van der Waals surface area (Å²) in [7, 11) is 0. The van der Waals surface area contributed by atoms with Gasteiger partial charge in [-0.05, 0) is 24.6 Å². The highest BCUT2D eigenvalue weighted by atomic mass is 19.1. The Bertz CT molecular complexity index is 803. The Morgan fingerprint density at radius 1 is 1.38 bits per heavy atom. The van der Waals surface area contributed by atoms with E-state index < -0.39 is 42.7 Å². The van der Waals surface area contributed by atoms with E-state index in [1.165, 1.54) is 12.1 Å². The van der Waals surface area contributed by atoms with Gasteiger partial charge >= 0.3 is 5.63 Å². The van der Waals surface area contributed by atoms with Crippen LogP contribution in [0, 0.1) is 12.7 Å². The lowest BCUT2D eigenvalue weighted by molar-refractivity contribution is -0.230. The Morgan fingerprint density at radius 3 is 2.83 bits per heavy atom. The molecule has 1 saturated heterocycles. The van der Waals surface area contributed by atoms with E-state index in [0.29, 0.717) is 10.9 Å². The largest absolute Gasteiger partial charge is 0.462 e. The summed E-state index contributed by atoms with van der Waals surface area (Å²) in [4.78, 5) is 11.4. The Morgan fingerprint density at radius 2 is 2.12 bits per heavy atom. The van der Waals surface area contributed by atoms with Gasteiger partial charge in [-0.3, -0.25) is 0 Å². The molecular weight excluding hydrogens is 323 g/mol. The smallest absolute Gasteiger partial charge is 0.336 e. The van der Waals surface area contributed by atoms with Gasteiger partial charge in [-0.1, -0.05) is 0 Å². The first-order chi connectivity index (χ1) is 11.4. The number of benzene rings is 1. The van der Waals surface area contributed by atoms with E-state index >= 15 is 0 Å². The van der Waals surface area contributed by atoms with E-state index in [9.17, 15) is 19.4 Å². The highest BCUT2D eigenvalue weighted by Crippen LogP contribution is 2.30. The minimum atomic E-state index is -1.25. The van der Waals surface area contributed by atoms with Crippen LogP contribution in [-0.2, 0) is 4.74 Å². The van der Waals surface area contributed by atoms with Crippen LogP contribution in [-0.4, -0.2) is 46.5 Å². The second kappa shape index (κ2) is 6.48. The van der Waals surface area contributed by atoms with Gasteiger partial charge in [-0.2, -0.15) is 4.39 Å². The summed E-state index contributed by atoms with van der Waals surface area (Å²) in [6, 6.07) is 4.17. The molecule has 1 fully saturated rings. The molecule has 0 bridgehead atoms. The van der Waals surface area contributed by atoms with Crippen molar-refractivity contribution in [2.45, 2.75) is 37.9 Å². The van der Waals surface area contributed by atoms with E-state index in [2.05, 4.69) is 0 Å². The zero-order valence-corrected chi connectivity index (χ0v) is 12.8. The Balaban J connectivity index is 1.90. The van der Waals surface area contributed by atoms with E-state index in [1.807, 2.05) is 0 Å². The van der Waals surface area contributed by atoms with Crippen molar-refractivity contribution >= 4 is 11.0 Å². The second-order valence-electron chi connectivity index (χ2n) is 5.70. The minimum Gasteiger partial charge on any atom is -0.462 e. The molecule has 130 valence electrons. The summed E-state index contributed by atoms with van der Waals surface area (Å²) in [5.41, 5.74) is -0.337. The molecule has 3 rings (SSSR count). The van der Waals surface area contributed by atoms with Crippen molar-refractivity contribution in [3.63, 3.8) is 0 Å². The number of rotatable bonds is 3. The van der Waals surface area contributed by atoms with Gasteiger partial charge in [0.25, 0.3) is 0 Å². The van der Waals surface area contributed by atoms with Crippen molar-refractivity contribution in [3.05, 3.63) is 40.0 Å². The number of ether oxygens (including phenoxy) is 2. The number of fused-ring (bicyclic) bond motifs is 1. The van der Waals surface area contributed by atoms with Crippen molar-refractivity contribution in [1.82, 2.24) is 0 Å². The van der Waals surface area contributed by atoms with Crippen LogP contribution in [0.25, 0.3) is 11.0 Å². The van der Waals surface area contributed by atoms with Crippen molar-refractivity contribution < 1.29 is 33.6 Å². The van der Waals surface area contributed by atoms with Crippen LogP contribution in [0.15, 0.2) is 27.4 Å². The standard InChI is InChI=1S/C16H17FO7/c1-7-4-12(20)24-16-8(7)2-3-10(14(16)17)22-13-5-9(19)15(21)11(6-18)23-13/h2-4,9,11,13,15,18-19,21H,5-6H2,1H3/t9?,11?,13-,15-/m0/s1. The molecule has 24 heavy (non-hydrogen) atoms. The zero-order chi connectivity index (χ0) is 17.4. The van der Waals surface area contributed by atoms with Crippen LogP contribution in [0.5, 0.6) is 5.75 Å². The van der Waals surface area contributed by atoms with E-state index in [-0.39, 0.29) is 17.8 Å². The first-order valence-corrected chi connectivity index (χ1v) is 7.42. The van der Waals surface area contributed by atoms with Crippen LogP contribution in [0.1, 0.15) is 12.0 Å². The quantitative estimate of drug-likeness (QED) is 0.696. The van der Waals surface area contributed by atoms with E-state index in [4.69, 9.17) is 19.0 Å². The molecule has 1 aromatic carbocycles. The Labute approximate surface area is 135 Å². The average molecular weight is 340 g/mol. The molecule has 1 aliphatic rings. The minimum absolute atomic E-state index is 0.104. The van der Waals surface area contributed by atoms with Gasteiger partial charge in [0.05, 0.1) is 12.7 Å². The van der Waals surface area contributed by atoms with Gasteiger partial charge in [0.2, 0.25) is 12.1 Å². The molecule has 3 N–H and O–H groups in total. The number of aliphatic hydroxyl groups excluding tert-OH is 3. The van der Waals surface area contributed by atoms with Gasteiger partial charge in [-0.15, -0.1) is 0 Å². The fourth-order valence-electron chi connectivity index (χ4n) is 2.71. The van der Waals surface area contributed by atoms with Crippen molar-refractivity contribution in [1.29, 1.82) is 0 Å². The zero-order valence-electron chi connectivity index (χ0n) is 12.8. The highest BCUT2D eigenvalue weighted by molar-refractivity contribution is 5.81. The fraction of sp³-hybridized carbons (Fsp3) is 0.438. The molecule has 7 nitrogen and oxygen atoms in total. The van der Waals surface area contributed by atoms with Gasteiger partial charge in [0, 0.05) is 17.9 Å². The lowest BCUT2D eigenvalue weighted by Crippen LogP contribution is -2.51. The predicted molar refractivity (Wildman–Crippen MR) is 80.2 cm³/mol. The third kappa shape index (κ3) is 3.01. The van der Waals surface area contributed by atoms with Gasteiger partial charge in [-0.25, -0.2) is 4.79 Å². The number of aryl methyl sites for hydroxylation is 1. The van der Waals surface area contributed by atoms with E-state index in [1.54, 1.807) is 13.0 Å². The third-order valence-corrected chi connectivity index (χ3v) is 4.00. The highest BCUT2D eigenvalue weighted by Gasteiger charge is 2.37. The first-order valence-electron chi connectivity index (χ1n) is 7.42. The van der Waals surface area contributed by atoms with Crippen LogP contribution in [0.2, 0.25) is 0 Å². The monoisotopic (exact) mass is 340 g/mol. The molecule has 2 aromatic rings. The topological polar surface area (TPSA) is 109 Å². The van der Waals surface area contributed by atoms with Crippen molar-refractivity contribution in [2.75, 3.05) is 6.61 Å². The molecule has 2 heterocycles. The van der Waals surface area contributed by atoms with Crippen molar-refractivity contribution in [2.24, 2.45) is 0 Å². The molecule has 0 spiro atoms. The molecule has 0 saturated carbocycles. The van der Waals surface area contributed by atoms with Gasteiger partial charge in [0.1, 0.15) is 12.2 Å². The maximum atomic E-state index is 14.6. The molecule has 4 atom stereocenters. The predicted octanol–water partition coefficient (Wildman–Crippen LogP) is 0.448. The molecule has 0 radical (unpaired) electrons. The molecule has 0 aliphatic carbocycles. The summed E-state index contributed by atoms with van der Waals surface area (Å²) < 4.78 is 30.1. The summed E-state index contributed by atoms with van der Waals surface area (Å²) >= 11 is 0. The van der Waals surface area contributed by atoms with Crippen LogP contribution < -0.4 is 10.4 Å². The maximum absolute atomic E-state index is 14.6. The SMILES string of the molecule is Cc1cc(=O)oc2c(F)c(O[C@@H]3CC(O)[C@H](O)C(CO)O3)ccc12. The molecule has 8 heteroatoms. The normalized spacial score (nSPS) is 27.4. The number of hydrogen-bond donors (Lipinski definition) is 3. The molecular formula is C16H17FO7. The maximum Gasteiger partial charge on any atom is 0.336 e. The Kier molecular flexibility index (Phi) is 4.55. The number of hydrogen-bond acceptors (Lipinski definition) is 7. The second-order valence-corrected chi connectivity index (χ2v) is 5.70. The summed E-state index contributed by atoms with van der Waals surface area (Å²) in [5, 5.41) is 29.0. The van der Waals surface area contributed by atoms with E-state index in [0.717, 1.165) is 0 Å². The van der Waals surface area contributed by atoms with Gasteiger partial charge < -0.3 is 29.2 Å². The molecule has 1 aliphatic heterocycles.